The van der Waals surface area contributed by atoms with E-state index in [1.165, 1.54) is 5.56 Å². The predicted octanol–water partition coefficient (Wildman–Crippen LogP) is 1.38. The van der Waals surface area contributed by atoms with Crippen molar-refractivity contribution in [3.05, 3.63) is 35.9 Å². The summed E-state index contributed by atoms with van der Waals surface area (Å²) in [7, 11) is 0. The highest BCUT2D eigenvalue weighted by Gasteiger charge is 2.01. The molecule has 2 aromatic rings. The summed E-state index contributed by atoms with van der Waals surface area (Å²) in [5.41, 5.74) is 2.24. The minimum Gasteiger partial charge on any atom is -0.303 e. The average molecular weight is 174 g/mol. The molecular formula is C10H10N2O. The molecule has 3 heteroatoms. The second-order valence-corrected chi connectivity index (χ2v) is 3.04. The maximum absolute atomic E-state index is 10.3. The van der Waals surface area contributed by atoms with Gasteiger partial charge in [0.15, 0.2) is 0 Å². The molecule has 0 unspecified atom stereocenters. The molecule has 0 saturated carbocycles. The molecule has 2 heterocycles. The molecule has 0 spiro atoms. The number of aldehydes is 1. The van der Waals surface area contributed by atoms with Crippen LogP contribution in [0, 0.1) is 6.92 Å². The van der Waals surface area contributed by atoms with E-state index in [-0.39, 0.29) is 0 Å². The summed E-state index contributed by atoms with van der Waals surface area (Å²) in [5, 5.41) is 0. The summed E-state index contributed by atoms with van der Waals surface area (Å²) in [6, 6.07) is 4.05. The highest BCUT2D eigenvalue weighted by molar-refractivity contribution is 5.55. The molecule has 3 nitrogen and oxygen atoms in total. The van der Waals surface area contributed by atoms with E-state index in [9.17, 15) is 4.79 Å². The van der Waals surface area contributed by atoms with Gasteiger partial charge in [0.25, 0.3) is 0 Å². The van der Waals surface area contributed by atoms with Crippen molar-refractivity contribution in [2.45, 2.75) is 13.3 Å². The summed E-state index contributed by atoms with van der Waals surface area (Å²) in [4.78, 5) is 14.5. The largest absolute Gasteiger partial charge is 0.303 e. The highest BCUT2D eigenvalue weighted by atomic mass is 16.1. The lowest BCUT2D eigenvalue weighted by Crippen LogP contribution is -1.95. The summed E-state index contributed by atoms with van der Waals surface area (Å²) in [5.74, 6) is 0.796. The van der Waals surface area contributed by atoms with Crippen LogP contribution in [0.15, 0.2) is 24.5 Å². The lowest BCUT2D eigenvalue weighted by Gasteiger charge is -1.97. The van der Waals surface area contributed by atoms with Crippen LogP contribution in [0.25, 0.3) is 5.52 Å². The fourth-order valence-corrected chi connectivity index (χ4v) is 1.39. The summed E-state index contributed by atoms with van der Waals surface area (Å²) in [6.45, 7) is 2.03. The molecule has 0 aliphatic rings. The van der Waals surface area contributed by atoms with Crippen molar-refractivity contribution < 1.29 is 4.79 Å². The van der Waals surface area contributed by atoms with E-state index in [4.69, 9.17) is 0 Å². The lowest BCUT2D eigenvalue weighted by molar-refractivity contribution is -0.107. The maximum Gasteiger partial charge on any atom is 0.127 e. The SMILES string of the molecule is Cc1ccn2c(CC=O)ncc2c1. The fraction of sp³-hybridized carbons (Fsp3) is 0.200. The van der Waals surface area contributed by atoms with E-state index in [1.807, 2.05) is 29.7 Å². The van der Waals surface area contributed by atoms with Crippen LogP contribution in [0.5, 0.6) is 0 Å². The molecule has 2 aromatic heterocycles. The Kier molecular flexibility index (Phi) is 1.85. The highest BCUT2D eigenvalue weighted by Crippen LogP contribution is 2.08. The Morgan fingerprint density at radius 1 is 1.62 bits per heavy atom. The third-order valence-corrected chi connectivity index (χ3v) is 2.03. The van der Waals surface area contributed by atoms with Crippen LogP contribution in [-0.4, -0.2) is 15.7 Å². The Labute approximate surface area is 76.0 Å². The van der Waals surface area contributed by atoms with Crippen molar-refractivity contribution in [1.29, 1.82) is 0 Å². The Balaban J connectivity index is 2.61. The molecule has 13 heavy (non-hydrogen) atoms. The zero-order valence-corrected chi connectivity index (χ0v) is 7.40. The first-order valence-corrected chi connectivity index (χ1v) is 4.17. The van der Waals surface area contributed by atoms with Crippen molar-refractivity contribution in [3.63, 3.8) is 0 Å². The molecule has 0 saturated heterocycles. The van der Waals surface area contributed by atoms with Crippen molar-refractivity contribution in [1.82, 2.24) is 9.38 Å². The summed E-state index contributed by atoms with van der Waals surface area (Å²) < 4.78 is 1.93. The van der Waals surface area contributed by atoms with Gasteiger partial charge < -0.3 is 9.20 Å². The molecule has 0 amide bonds. The summed E-state index contributed by atoms with van der Waals surface area (Å²) >= 11 is 0. The van der Waals surface area contributed by atoms with Crippen molar-refractivity contribution >= 4 is 11.8 Å². The molecule has 0 radical (unpaired) electrons. The number of carbonyl (C=O) groups is 1. The maximum atomic E-state index is 10.3. The van der Waals surface area contributed by atoms with Crippen LogP contribution in [0.4, 0.5) is 0 Å². The van der Waals surface area contributed by atoms with Gasteiger partial charge in [0.2, 0.25) is 0 Å². The van der Waals surface area contributed by atoms with Gasteiger partial charge >= 0.3 is 0 Å². The Bertz CT molecular complexity index is 445. The monoisotopic (exact) mass is 174 g/mol. The van der Waals surface area contributed by atoms with E-state index < -0.39 is 0 Å². The second-order valence-electron chi connectivity index (χ2n) is 3.04. The van der Waals surface area contributed by atoms with Crippen LogP contribution in [0.1, 0.15) is 11.4 Å². The van der Waals surface area contributed by atoms with E-state index in [1.54, 1.807) is 6.20 Å². The molecule has 66 valence electrons. The standard InChI is InChI=1S/C10H10N2O/c1-8-2-4-12-9(6-8)7-11-10(12)3-5-13/h2,4-7H,3H2,1H3. The van der Waals surface area contributed by atoms with E-state index in [2.05, 4.69) is 4.98 Å². The number of nitrogens with zero attached hydrogens (tertiary/aromatic N) is 2. The molecule has 2 rings (SSSR count). The number of pyridine rings is 1. The van der Waals surface area contributed by atoms with Gasteiger partial charge in [-0.2, -0.15) is 0 Å². The van der Waals surface area contributed by atoms with Crippen LogP contribution < -0.4 is 0 Å². The smallest absolute Gasteiger partial charge is 0.127 e. The minimum atomic E-state index is 0.372. The zero-order valence-electron chi connectivity index (χ0n) is 7.40. The lowest BCUT2D eigenvalue weighted by atomic mass is 10.3. The van der Waals surface area contributed by atoms with Crippen molar-refractivity contribution in [2.24, 2.45) is 0 Å². The molecule has 0 bridgehead atoms. The van der Waals surface area contributed by atoms with E-state index >= 15 is 0 Å². The van der Waals surface area contributed by atoms with Gasteiger partial charge in [-0.1, -0.05) is 0 Å². The van der Waals surface area contributed by atoms with Gasteiger partial charge in [-0.05, 0) is 24.6 Å². The Hall–Kier alpha value is -1.64. The number of aromatic nitrogens is 2. The first-order valence-electron chi connectivity index (χ1n) is 4.17. The molecule has 0 fully saturated rings. The minimum absolute atomic E-state index is 0.372. The molecule has 0 aromatic carbocycles. The van der Waals surface area contributed by atoms with Crippen LogP contribution in [0.3, 0.4) is 0 Å². The third kappa shape index (κ3) is 1.33. The van der Waals surface area contributed by atoms with Crippen molar-refractivity contribution in [2.75, 3.05) is 0 Å². The molecular weight excluding hydrogens is 164 g/mol. The molecule has 0 N–H and O–H groups in total. The number of aryl methyl sites for hydroxylation is 1. The first kappa shape index (κ1) is 7.98. The van der Waals surface area contributed by atoms with Gasteiger partial charge in [0.05, 0.1) is 18.1 Å². The Morgan fingerprint density at radius 3 is 3.23 bits per heavy atom. The van der Waals surface area contributed by atoms with Gasteiger partial charge in [-0.25, -0.2) is 4.98 Å². The number of imidazole rings is 1. The average Bonchev–Trinajstić information content (AvgIpc) is 2.49. The van der Waals surface area contributed by atoms with Gasteiger partial charge in [-0.15, -0.1) is 0 Å². The summed E-state index contributed by atoms with van der Waals surface area (Å²) in [6.07, 6.45) is 4.97. The third-order valence-electron chi connectivity index (χ3n) is 2.03. The molecule has 0 aliphatic heterocycles. The van der Waals surface area contributed by atoms with Gasteiger partial charge in [-0.3, -0.25) is 0 Å². The van der Waals surface area contributed by atoms with Crippen LogP contribution in [-0.2, 0) is 11.2 Å². The van der Waals surface area contributed by atoms with E-state index in [0.29, 0.717) is 6.42 Å². The number of fused-ring (bicyclic) bond motifs is 1. The quantitative estimate of drug-likeness (QED) is 0.645. The van der Waals surface area contributed by atoms with Crippen LogP contribution in [0.2, 0.25) is 0 Å². The number of hydrogen-bond acceptors (Lipinski definition) is 2. The van der Waals surface area contributed by atoms with Crippen molar-refractivity contribution in [3.8, 4) is 0 Å². The number of rotatable bonds is 2. The number of carbonyl (C=O) groups excluding carboxylic acids is 1. The zero-order chi connectivity index (χ0) is 9.26. The first-order chi connectivity index (χ1) is 6.31. The van der Waals surface area contributed by atoms with Crippen LogP contribution >= 0.6 is 0 Å². The van der Waals surface area contributed by atoms with Gasteiger partial charge in [0.1, 0.15) is 12.1 Å². The second kappa shape index (κ2) is 3.01. The number of hydrogen-bond donors (Lipinski definition) is 0. The Morgan fingerprint density at radius 2 is 2.46 bits per heavy atom. The fourth-order valence-electron chi connectivity index (χ4n) is 1.39. The van der Waals surface area contributed by atoms with E-state index in [0.717, 1.165) is 17.6 Å². The van der Waals surface area contributed by atoms with Gasteiger partial charge in [0, 0.05) is 6.20 Å². The topological polar surface area (TPSA) is 34.4 Å². The predicted molar refractivity (Wildman–Crippen MR) is 49.7 cm³/mol. The molecule has 0 atom stereocenters. The molecule has 0 aliphatic carbocycles. The normalized spacial score (nSPS) is 10.5.